The van der Waals surface area contributed by atoms with Gasteiger partial charge in [0.2, 0.25) is 5.91 Å². The normalized spacial score (nSPS) is 13.7. The summed E-state index contributed by atoms with van der Waals surface area (Å²) in [5.74, 6) is 0.0737. The summed E-state index contributed by atoms with van der Waals surface area (Å²) in [6.07, 6.45) is 0.420. The van der Waals surface area contributed by atoms with Crippen LogP contribution in [0.4, 0.5) is 11.4 Å². The quantitative estimate of drug-likeness (QED) is 0.837. The summed E-state index contributed by atoms with van der Waals surface area (Å²) >= 11 is 9.40. The summed E-state index contributed by atoms with van der Waals surface area (Å²) in [7, 11) is 0. The van der Waals surface area contributed by atoms with Gasteiger partial charge < -0.3 is 10.6 Å². The number of nitrogens with two attached hydrogens (primary N) is 1. The summed E-state index contributed by atoms with van der Waals surface area (Å²) in [5.41, 5.74) is 9.48. The van der Waals surface area contributed by atoms with Crippen molar-refractivity contribution in [1.29, 1.82) is 0 Å². The van der Waals surface area contributed by atoms with Crippen molar-refractivity contribution in [2.24, 2.45) is 0 Å². The van der Waals surface area contributed by atoms with Crippen molar-refractivity contribution in [3.8, 4) is 0 Å². The molecule has 3 rings (SSSR count). The van der Waals surface area contributed by atoms with Gasteiger partial charge in [0.25, 0.3) is 0 Å². The molecule has 0 radical (unpaired) electrons. The summed E-state index contributed by atoms with van der Waals surface area (Å²) in [4.78, 5) is 13.9. The lowest BCUT2D eigenvalue weighted by atomic mass is 10.1. The molecule has 102 valence electrons. The Morgan fingerprint density at radius 1 is 1.25 bits per heavy atom. The Bertz CT molecular complexity index is 702. The minimum absolute atomic E-state index is 0.0737. The molecular weight excluding hydrogens is 340 g/mol. The van der Waals surface area contributed by atoms with Gasteiger partial charge >= 0.3 is 0 Å². The number of carbonyl (C=O) groups is 1. The minimum Gasteiger partial charge on any atom is -0.398 e. The molecule has 0 fully saturated rings. The van der Waals surface area contributed by atoms with Gasteiger partial charge in [-0.15, -0.1) is 0 Å². The smallest absolute Gasteiger partial charge is 0.231 e. The second kappa shape index (κ2) is 5.11. The van der Waals surface area contributed by atoms with Gasteiger partial charge in [0.15, 0.2) is 0 Å². The highest BCUT2D eigenvalue weighted by atomic mass is 79.9. The van der Waals surface area contributed by atoms with E-state index in [0.29, 0.717) is 23.7 Å². The summed E-state index contributed by atoms with van der Waals surface area (Å²) in [6.45, 7) is 0.464. The van der Waals surface area contributed by atoms with Gasteiger partial charge in [-0.2, -0.15) is 0 Å². The summed E-state index contributed by atoms with van der Waals surface area (Å²) in [6, 6.07) is 11.2. The molecule has 0 saturated heterocycles. The van der Waals surface area contributed by atoms with E-state index in [0.717, 1.165) is 21.3 Å². The molecule has 0 spiro atoms. The van der Waals surface area contributed by atoms with Gasteiger partial charge in [-0.25, -0.2) is 0 Å². The van der Waals surface area contributed by atoms with Crippen LogP contribution in [0.3, 0.4) is 0 Å². The Labute approximate surface area is 130 Å². The first-order valence-corrected chi connectivity index (χ1v) is 7.34. The molecule has 5 heteroatoms. The number of halogens is 2. The Kier molecular flexibility index (Phi) is 3.44. The molecular formula is C15H12BrClN2O. The Hall–Kier alpha value is -1.52. The Morgan fingerprint density at radius 3 is 2.80 bits per heavy atom. The fourth-order valence-corrected chi connectivity index (χ4v) is 2.93. The van der Waals surface area contributed by atoms with Crippen LogP contribution in [0, 0.1) is 0 Å². The summed E-state index contributed by atoms with van der Waals surface area (Å²) < 4.78 is 0.926. The standard InChI is InChI=1S/C15H12BrClN2O/c16-11-3-1-10(13(18)6-11)8-19-14-7-12(17)4-2-9(14)5-15(19)20/h1-4,6-7H,5,8,18H2. The maximum atomic E-state index is 12.2. The highest BCUT2D eigenvalue weighted by molar-refractivity contribution is 9.10. The third kappa shape index (κ3) is 2.41. The van der Waals surface area contributed by atoms with Crippen LogP contribution >= 0.6 is 27.5 Å². The predicted octanol–water partition coefficient (Wildman–Crippen LogP) is 3.77. The van der Waals surface area contributed by atoms with Crippen molar-refractivity contribution in [3.63, 3.8) is 0 Å². The molecule has 1 amide bonds. The number of rotatable bonds is 2. The molecule has 0 bridgehead atoms. The average molecular weight is 352 g/mol. The van der Waals surface area contributed by atoms with Crippen molar-refractivity contribution < 1.29 is 4.79 Å². The number of amides is 1. The van der Waals surface area contributed by atoms with Crippen LogP contribution in [0.2, 0.25) is 5.02 Å². The van der Waals surface area contributed by atoms with E-state index in [-0.39, 0.29) is 5.91 Å². The van der Waals surface area contributed by atoms with Crippen LogP contribution in [-0.4, -0.2) is 5.91 Å². The van der Waals surface area contributed by atoms with Crippen LogP contribution in [0.1, 0.15) is 11.1 Å². The molecule has 2 aromatic carbocycles. The molecule has 1 aliphatic rings. The van der Waals surface area contributed by atoms with E-state index in [1.165, 1.54) is 0 Å². The number of nitrogen functional groups attached to an aromatic ring is 1. The maximum absolute atomic E-state index is 12.2. The fourth-order valence-electron chi connectivity index (χ4n) is 2.38. The van der Waals surface area contributed by atoms with E-state index in [1.807, 2.05) is 36.4 Å². The zero-order valence-corrected chi connectivity index (χ0v) is 12.9. The fraction of sp³-hybridized carbons (Fsp3) is 0.133. The highest BCUT2D eigenvalue weighted by Crippen LogP contribution is 2.33. The Morgan fingerprint density at radius 2 is 2.05 bits per heavy atom. The van der Waals surface area contributed by atoms with E-state index >= 15 is 0 Å². The van der Waals surface area contributed by atoms with Crippen molar-refractivity contribution in [3.05, 3.63) is 57.0 Å². The molecule has 0 aliphatic carbocycles. The van der Waals surface area contributed by atoms with Crippen LogP contribution in [0.25, 0.3) is 0 Å². The molecule has 3 nitrogen and oxygen atoms in total. The third-order valence-corrected chi connectivity index (χ3v) is 4.15. The molecule has 2 N–H and O–H groups in total. The van der Waals surface area contributed by atoms with Crippen LogP contribution in [-0.2, 0) is 17.8 Å². The number of carbonyl (C=O) groups excluding carboxylic acids is 1. The number of fused-ring (bicyclic) bond motifs is 1. The van der Waals surface area contributed by atoms with Gasteiger partial charge in [0.05, 0.1) is 13.0 Å². The largest absolute Gasteiger partial charge is 0.398 e. The third-order valence-electron chi connectivity index (χ3n) is 3.42. The number of anilines is 2. The van der Waals surface area contributed by atoms with E-state index < -0.39 is 0 Å². The van der Waals surface area contributed by atoms with Gasteiger partial charge in [-0.3, -0.25) is 4.79 Å². The first-order valence-electron chi connectivity index (χ1n) is 6.17. The summed E-state index contributed by atoms with van der Waals surface area (Å²) in [5, 5.41) is 0.632. The maximum Gasteiger partial charge on any atom is 0.231 e. The van der Waals surface area contributed by atoms with E-state index in [9.17, 15) is 4.79 Å². The lowest BCUT2D eigenvalue weighted by Crippen LogP contribution is -2.26. The number of hydrogen-bond donors (Lipinski definition) is 1. The van der Waals surface area contributed by atoms with Crippen molar-refractivity contribution in [1.82, 2.24) is 0 Å². The first kappa shape index (κ1) is 13.5. The SMILES string of the molecule is Nc1cc(Br)ccc1CN1C(=O)Cc2ccc(Cl)cc21. The van der Waals surface area contributed by atoms with Crippen molar-refractivity contribution >= 4 is 44.8 Å². The number of hydrogen-bond acceptors (Lipinski definition) is 2. The van der Waals surface area contributed by atoms with Crippen LogP contribution in [0.15, 0.2) is 40.9 Å². The second-order valence-corrected chi connectivity index (χ2v) is 6.12. The number of benzene rings is 2. The second-order valence-electron chi connectivity index (χ2n) is 4.77. The number of nitrogens with zero attached hydrogens (tertiary/aromatic N) is 1. The van der Waals surface area contributed by atoms with E-state index in [4.69, 9.17) is 17.3 Å². The van der Waals surface area contributed by atoms with Gasteiger partial charge in [-0.05, 0) is 35.4 Å². The van der Waals surface area contributed by atoms with Gasteiger partial charge in [0, 0.05) is 20.9 Å². The minimum atomic E-state index is 0.0737. The molecule has 1 aliphatic heterocycles. The van der Waals surface area contributed by atoms with Gasteiger partial charge in [-0.1, -0.05) is 39.7 Å². The predicted molar refractivity (Wildman–Crippen MR) is 84.9 cm³/mol. The molecule has 0 aromatic heterocycles. The van der Waals surface area contributed by atoms with Crippen LogP contribution in [0.5, 0.6) is 0 Å². The lowest BCUT2D eigenvalue weighted by Gasteiger charge is -2.19. The zero-order valence-electron chi connectivity index (χ0n) is 10.6. The highest BCUT2D eigenvalue weighted by Gasteiger charge is 2.27. The molecule has 20 heavy (non-hydrogen) atoms. The van der Waals surface area contributed by atoms with Crippen LogP contribution < -0.4 is 10.6 Å². The Balaban J connectivity index is 1.95. The van der Waals surface area contributed by atoms with Crippen molar-refractivity contribution in [2.75, 3.05) is 10.6 Å². The molecule has 0 unspecified atom stereocenters. The van der Waals surface area contributed by atoms with Crippen molar-refractivity contribution in [2.45, 2.75) is 13.0 Å². The lowest BCUT2D eigenvalue weighted by molar-refractivity contribution is -0.117. The van der Waals surface area contributed by atoms with E-state index in [1.54, 1.807) is 4.90 Å². The van der Waals surface area contributed by atoms with Gasteiger partial charge in [0.1, 0.15) is 0 Å². The first-order chi connectivity index (χ1) is 9.54. The van der Waals surface area contributed by atoms with E-state index in [2.05, 4.69) is 15.9 Å². The topological polar surface area (TPSA) is 46.3 Å². The molecule has 2 aromatic rings. The molecule has 1 heterocycles. The monoisotopic (exact) mass is 350 g/mol. The molecule has 0 saturated carbocycles. The zero-order chi connectivity index (χ0) is 14.3. The average Bonchev–Trinajstić information content (AvgIpc) is 2.69. The molecule has 0 atom stereocenters.